The van der Waals surface area contributed by atoms with E-state index in [0.29, 0.717) is 0 Å². The molecule has 0 amide bonds. The SMILES string of the molecule is c1ccc2cc(-c3cc4cc-4c3)ccc2c1. The second-order valence-corrected chi connectivity index (χ2v) is 4.36. The van der Waals surface area contributed by atoms with E-state index in [1.807, 2.05) is 0 Å². The highest BCUT2D eigenvalue weighted by molar-refractivity contribution is 5.93. The van der Waals surface area contributed by atoms with Crippen LogP contribution in [0.2, 0.25) is 0 Å². The lowest BCUT2D eigenvalue weighted by atomic mass is 10.0. The topological polar surface area (TPSA) is 0 Å². The average Bonchev–Trinajstić information content (AvgIpc) is 2.96. The molecule has 0 saturated heterocycles. The molecule has 0 N–H and O–H groups in total. The second kappa shape index (κ2) is 2.73. The molecule has 0 radical (unpaired) electrons. The van der Waals surface area contributed by atoms with Crippen molar-refractivity contribution in [2.45, 2.75) is 0 Å². The van der Waals surface area contributed by atoms with E-state index in [-0.39, 0.29) is 0 Å². The van der Waals surface area contributed by atoms with Crippen LogP contribution in [0.3, 0.4) is 0 Å². The van der Waals surface area contributed by atoms with Gasteiger partial charge in [0.2, 0.25) is 0 Å². The Morgan fingerprint density at radius 2 is 1.06 bits per heavy atom. The maximum Gasteiger partial charge on any atom is -0.0171 e. The third-order valence-electron chi connectivity index (χ3n) is 3.27. The van der Waals surface area contributed by atoms with Crippen LogP contribution in [0.5, 0.6) is 0 Å². The maximum absolute atomic E-state index is 2.27. The number of hydrogen-bond donors (Lipinski definition) is 0. The quantitative estimate of drug-likeness (QED) is 0.426. The number of benzene rings is 3. The Morgan fingerprint density at radius 1 is 0.438 bits per heavy atom. The Hall–Kier alpha value is -2.08. The highest BCUT2D eigenvalue weighted by Gasteiger charge is 2.14. The molecule has 2 aliphatic rings. The van der Waals surface area contributed by atoms with E-state index < -0.39 is 0 Å². The zero-order chi connectivity index (χ0) is 10.5. The van der Waals surface area contributed by atoms with E-state index in [4.69, 9.17) is 0 Å². The van der Waals surface area contributed by atoms with Gasteiger partial charge < -0.3 is 0 Å². The first-order chi connectivity index (χ1) is 7.90. The first kappa shape index (κ1) is 8.12. The Morgan fingerprint density at radius 3 is 1.81 bits per heavy atom. The van der Waals surface area contributed by atoms with Crippen LogP contribution in [0.25, 0.3) is 33.0 Å². The minimum absolute atomic E-state index is 1.31. The average molecular weight is 202 g/mol. The van der Waals surface area contributed by atoms with Crippen molar-refractivity contribution in [2.75, 3.05) is 0 Å². The van der Waals surface area contributed by atoms with Crippen molar-refractivity contribution in [3.8, 4) is 22.3 Å². The molecule has 2 aromatic carbocycles. The number of rotatable bonds is 1. The molecule has 74 valence electrons. The fourth-order valence-electron chi connectivity index (χ4n) is 2.29. The summed E-state index contributed by atoms with van der Waals surface area (Å²) in [6.45, 7) is 0. The van der Waals surface area contributed by atoms with Gasteiger partial charge in [0.25, 0.3) is 0 Å². The summed E-state index contributed by atoms with van der Waals surface area (Å²) >= 11 is 0. The van der Waals surface area contributed by atoms with Crippen LogP contribution in [-0.2, 0) is 0 Å². The third-order valence-corrected chi connectivity index (χ3v) is 3.27. The summed E-state index contributed by atoms with van der Waals surface area (Å²) < 4.78 is 0. The van der Waals surface area contributed by atoms with E-state index >= 15 is 0 Å². The molecule has 0 saturated carbocycles. The van der Waals surface area contributed by atoms with Crippen LogP contribution in [0.15, 0.2) is 60.7 Å². The van der Waals surface area contributed by atoms with Gasteiger partial charge in [0.1, 0.15) is 0 Å². The third kappa shape index (κ3) is 1.10. The Kier molecular flexibility index (Phi) is 1.39. The van der Waals surface area contributed by atoms with E-state index in [9.17, 15) is 0 Å². The van der Waals surface area contributed by atoms with Gasteiger partial charge in [-0.2, -0.15) is 0 Å². The van der Waals surface area contributed by atoms with Gasteiger partial charge in [0.15, 0.2) is 0 Å². The molecule has 0 atom stereocenters. The molecule has 0 unspecified atom stereocenters. The minimum atomic E-state index is 1.31. The highest BCUT2D eigenvalue weighted by Crippen LogP contribution is 2.40. The molecular formula is C16H10. The molecule has 0 spiro atoms. The van der Waals surface area contributed by atoms with Gasteiger partial charge in [-0.1, -0.05) is 36.4 Å². The summed E-state index contributed by atoms with van der Waals surface area (Å²) in [6.07, 6.45) is 0. The van der Waals surface area contributed by atoms with Gasteiger partial charge in [-0.25, -0.2) is 0 Å². The molecule has 0 heteroatoms. The Labute approximate surface area is 94.2 Å². The van der Waals surface area contributed by atoms with Crippen LogP contribution in [0, 0.1) is 0 Å². The summed E-state index contributed by atoms with van der Waals surface area (Å²) in [5, 5.41) is 2.62. The van der Waals surface area contributed by atoms with Crippen LogP contribution < -0.4 is 0 Å². The first-order valence-corrected chi connectivity index (χ1v) is 5.55. The smallest absolute Gasteiger partial charge is 0.0171 e. The summed E-state index contributed by atoms with van der Waals surface area (Å²) in [7, 11) is 0. The summed E-state index contributed by atoms with van der Waals surface area (Å²) in [5.41, 5.74) is 5.48. The van der Waals surface area contributed by atoms with Crippen molar-refractivity contribution in [1.82, 2.24) is 0 Å². The lowest BCUT2D eigenvalue weighted by Gasteiger charge is -2.01. The molecule has 0 bridgehead atoms. The highest BCUT2D eigenvalue weighted by atomic mass is 14.2. The standard InChI is InChI=1S/C16H10/c1-2-4-12-7-13(6-5-11(12)3-1)14-8-15-10-16(15)9-14/h1-10H. The van der Waals surface area contributed by atoms with E-state index in [0.717, 1.165) is 0 Å². The minimum Gasteiger partial charge on any atom is -0.0616 e. The van der Waals surface area contributed by atoms with Gasteiger partial charge in [0, 0.05) is 0 Å². The lowest BCUT2D eigenvalue weighted by Crippen LogP contribution is -1.75. The van der Waals surface area contributed by atoms with Crippen LogP contribution in [0.4, 0.5) is 0 Å². The van der Waals surface area contributed by atoms with Crippen molar-refractivity contribution < 1.29 is 0 Å². The zero-order valence-electron chi connectivity index (χ0n) is 8.77. The Balaban J connectivity index is 1.94. The molecule has 0 heterocycles. The second-order valence-electron chi connectivity index (χ2n) is 4.36. The van der Waals surface area contributed by atoms with Crippen molar-refractivity contribution in [2.24, 2.45) is 0 Å². The van der Waals surface area contributed by atoms with Crippen LogP contribution in [-0.4, -0.2) is 0 Å². The van der Waals surface area contributed by atoms with E-state index in [1.54, 1.807) is 0 Å². The maximum atomic E-state index is 2.27. The summed E-state index contributed by atoms with van der Waals surface area (Å²) in [5.74, 6) is 0. The largest absolute Gasteiger partial charge is 0.0616 e. The van der Waals surface area contributed by atoms with Crippen molar-refractivity contribution in [1.29, 1.82) is 0 Å². The van der Waals surface area contributed by atoms with Crippen molar-refractivity contribution in [3.05, 3.63) is 60.7 Å². The molecule has 0 aromatic heterocycles. The van der Waals surface area contributed by atoms with E-state index in [2.05, 4.69) is 60.7 Å². The van der Waals surface area contributed by atoms with Gasteiger partial charge >= 0.3 is 0 Å². The molecule has 0 fully saturated rings. The molecule has 2 aliphatic carbocycles. The van der Waals surface area contributed by atoms with E-state index in [1.165, 1.54) is 33.0 Å². The van der Waals surface area contributed by atoms with Crippen molar-refractivity contribution in [3.63, 3.8) is 0 Å². The van der Waals surface area contributed by atoms with Crippen LogP contribution >= 0.6 is 0 Å². The fraction of sp³-hybridized carbons (Fsp3) is 0. The molecule has 4 rings (SSSR count). The summed E-state index contributed by atoms with van der Waals surface area (Å²) in [6, 6.07) is 21.9. The molecule has 0 nitrogen and oxygen atoms in total. The van der Waals surface area contributed by atoms with Crippen molar-refractivity contribution >= 4 is 10.8 Å². The van der Waals surface area contributed by atoms with Gasteiger partial charge in [0.05, 0.1) is 0 Å². The predicted octanol–water partition coefficient (Wildman–Crippen LogP) is 4.49. The zero-order valence-corrected chi connectivity index (χ0v) is 8.77. The number of hydrogen-bond acceptors (Lipinski definition) is 0. The molecule has 16 heavy (non-hydrogen) atoms. The summed E-state index contributed by atoms with van der Waals surface area (Å²) in [4.78, 5) is 0. The molecule has 0 aliphatic heterocycles. The monoisotopic (exact) mass is 202 g/mol. The molecule has 2 aromatic rings. The van der Waals surface area contributed by atoms with Crippen LogP contribution in [0.1, 0.15) is 0 Å². The normalized spacial score (nSPS) is 11.8. The molecular weight excluding hydrogens is 192 g/mol. The first-order valence-electron chi connectivity index (χ1n) is 5.55. The van der Waals surface area contributed by atoms with Gasteiger partial charge in [-0.05, 0) is 57.3 Å². The van der Waals surface area contributed by atoms with Gasteiger partial charge in [-0.3, -0.25) is 0 Å². The van der Waals surface area contributed by atoms with Gasteiger partial charge in [-0.15, -0.1) is 0 Å². The number of fused-ring (bicyclic) bond motifs is 2. The fourth-order valence-corrected chi connectivity index (χ4v) is 2.29. The Bertz CT molecular complexity index is 688. The lowest BCUT2D eigenvalue weighted by molar-refractivity contribution is 1.71. The predicted molar refractivity (Wildman–Crippen MR) is 68.4 cm³/mol.